The monoisotopic (exact) mass is 291 g/mol. The predicted molar refractivity (Wildman–Crippen MR) is 89.5 cm³/mol. The van der Waals surface area contributed by atoms with Crippen molar-refractivity contribution in [1.29, 1.82) is 0 Å². The van der Waals surface area contributed by atoms with Crippen molar-refractivity contribution in [2.24, 2.45) is 11.7 Å². The first kappa shape index (κ1) is 17.5. The van der Waals surface area contributed by atoms with Crippen LogP contribution in [0.2, 0.25) is 0 Å². The summed E-state index contributed by atoms with van der Waals surface area (Å²) in [7, 11) is 0. The number of carbonyl (C=O) groups is 1. The molecule has 0 bridgehead atoms. The summed E-state index contributed by atoms with van der Waals surface area (Å²) in [4.78, 5) is 14.4. The van der Waals surface area contributed by atoms with E-state index in [-0.39, 0.29) is 11.9 Å². The van der Waals surface area contributed by atoms with E-state index in [2.05, 4.69) is 55.3 Å². The summed E-state index contributed by atoms with van der Waals surface area (Å²) < 4.78 is 0. The van der Waals surface area contributed by atoms with Crippen LogP contribution in [0.25, 0.3) is 0 Å². The average Bonchev–Trinajstić information content (AvgIpc) is 2.46. The maximum absolute atomic E-state index is 12.3. The molecule has 21 heavy (non-hydrogen) atoms. The van der Waals surface area contributed by atoms with Gasteiger partial charge >= 0.3 is 0 Å². The first-order valence-corrected chi connectivity index (χ1v) is 7.76. The lowest BCUT2D eigenvalue weighted by molar-refractivity contribution is -0.122. The zero-order valence-electron chi connectivity index (χ0n) is 13.7. The molecule has 0 saturated carbocycles. The molecule has 4 nitrogen and oxygen atoms in total. The number of nitrogens with zero attached hydrogens (tertiary/aromatic N) is 1. The summed E-state index contributed by atoms with van der Waals surface area (Å²) in [6, 6.07) is 8.08. The molecule has 0 fully saturated rings. The van der Waals surface area contributed by atoms with E-state index in [0.29, 0.717) is 19.0 Å². The summed E-state index contributed by atoms with van der Waals surface area (Å²) in [6.07, 6.45) is 0.871. The third kappa shape index (κ3) is 5.76. The standard InChI is InChI=1S/C17H29N3O/c1-13(2)12-19-17(21)15(4)20(11-5-10-18)16-8-6-14(3)7-9-16/h6-9,13,15H,5,10-12,18H2,1-4H3,(H,19,21). The number of aryl methyl sites for hydroxylation is 1. The van der Waals surface area contributed by atoms with Gasteiger partial charge in [0.2, 0.25) is 5.91 Å². The summed E-state index contributed by atoms with van der Waals surface area (Å²) in [5, 5.41) is 3.01. The molecule has 118 valence electrons. The van der Waals surface area contributed by atoms with Crippen molar-refractivity contribution in [3.05, 3.63) is 29.8 Å². The minimum atomic E-state index is -0.196. The Bertz CT molecular complexity index is 428. The number of hydrogen-bond acceptors (Lipinski definition) is 3. The number of nitrogens with two attached hydrogens (primary N) is 1. The van der Waals surface area contributed by atoms with Crippen LogP contribution < -0.4 is 16.0 Å². The molecule has 0 aliphatic rings. The minimum absolute atomic E-state index is 0.0706. The topological polar surface area (TPSA) is 58.4 Å². The van der Waals surface area contributed by atoms with E-state index >= 15 is 0 Å². The first-order chi connectivity index (χ1) is 9.95. The molecular formula is C17H29N3O. The highest BCUT2D eigenvalue weighted by Gasteiger charge is 2.21. The van der Waals surface area contributed by atoms with Crippen LogP contribution in [0.1, 0.15) is 32.8 Å². The van der Waals surface area contributed by atoms with Gasteiger partial charge in [-0.25, -0.2) is 0 Å². The molecule has 1 aromatic rings. The maximum atomic E-state index is 12.3. The van der Waals surface area contributed by atoms with Crippen LogP contribution in [0.5, 0.6) is 0 Å². The molecular weight excluding hydrogens is 262 g/mol. The van der Waals surface area contributed by atoms with Crippen molar-refractivity contribution in [3.8, 4) is 0 Å². The van der Waals surface area contributed by atoms with E-state index in [4.69, 9.17) is 5.73 Å². The molecule has 0 spiro atoms. The molecule has 3 N–H and O–H groups in total. The first-order valence-electron chi connectivity index (χ1n) is 7.76. The van der Waals surface area contributed by atoms with Crippen LogP contribution in [0, 0.1) is 12.8 Å². The molecule has 0 aliphatic carbocycles. The summed E-state index contributed by atoms with van der Waals surface area (Å²) >= 11 is 0. The third-order valence-corrected chi connectivity index (χ3v) is 3.50. The Morgan fingerprint density at radius 2 is 1.86 bits per heavy atom. The summed E-state index contributed by atoms with van der Waals surface area (Å²) in [6.45, 7) is 10.3. The molecule has 0 saturated heterocycles. The molecule has 1 amide bonds. The SMILES string of the molecule is Cc1ccc(N(CCCN)C(C)C(=O)NCC(C)C)cc1. The third-order valence-electron chi connectivity index (χ3n) is 3.50. The predicted octanol–water partition coefficient (Wildman–Crippen LogP) is 2.31. The van der Waals surface area contributed by atoms with Gasteiger partial charge in [0.25, 0.3) is 0 Å². The Labute approximate surface area is 128 Å². The normalized spacial score (nSPS) is 12.3. The van der Waals surface area contributed by atoms with Gasteiger partial charge in [-0.1, -0.05) is 31.5 Å². The molecule has 0 aromatic heterocycles. The fourth-order valence-electron chi connectivity index (χ4n) is 2.14. The van der Waals surface area contributed by atoms with E-state index < -0.39 is 0 Å². The molecule has 0 aliphatic heterocycles. The van der Waals surface area contributed by atoms with Crippen LogP contribution in [-0.4, -0.2) is 31.6 Å². The number of carbonyl (C=O) groups excluding carboxylic acids is 1. The second-order valence-corrected chi connectivity index (χ2v) is 5.99. The van der Waals surface area contributed by atoms with Crippen molar-refractivity contribution in [1.82, 2.24) is 5.32 Å². The highest BCUT2D eigenvalue weighted by atomic mass is 16.2. The second-order valence-electron chi connectivity index (χ2n) is 5.99. The van der Waals surface area contributed by atoms with Crippen molar-refractivity contribution < 1.29 is 4.79 Å². The van der Waals surface area contributed by atoms with Crippen molar-refractivity contribution in [2.75, 3.05) is 24.5 Å². The number of amides is 1. The fraction of sp³-hybridized carbons (Fsp3) is 0.588. The van der Waals surface area contributed by atoms with Gasteiger partial charge in [0.1, 0.15) is 6.04 Å². The highest BCUT2D eigenvalue weighted by molar-refractivity contribution is 5.84. The molecule has 1 unspecified atom stereocenters. The van der Waals surface area contributed by atoms with Gasteiger partial charge in [0, 0.05) is 18.8 Å². The van der Waals surface area contributed by atoms with Gasteiger partial charge in [-0.15, -0.1) is 0 Å². The zero-order valence-corrected chi connectivity index (χ0v) is 13.7. The van der Waals surface area contributed by atoms with E-state index in [0.717, 1.165) is 18.7 Å². The van der Waals surface area contributed by atoms with Crippen molar-refractivity contribution >= 4 is 11.6 Å². The van der Waals surface area contributed by atoms with E-state index in [9.17, 15) is 4.79 Å². The molecule has 0 heterocycles. The highest BCUT2D eigenvalue weighted by Crippen LogP contribution is 2.18. The average molecular weight is 291 g/mol. The van der Waals surface area contributed by atoms with Gasteiger partial charge in [-0.05, 0) is 44.9 Å². The van der Waals surface area contributed by atoms with Gasteiger partial charge in [0.05, 0.1) is 0 Å². The second kappa shape index (κ2) is 8.67. The van der Waals surface area contributed by atoms with Gasteiger partial charge in [-0.2, -0.15) is 0 Å². The van der Waals surface area contributed by atoms with Crippen LogP contribution in [0.15, 0.2) is 24.3 Å². The molecule has 1 aromatic carbocycles. The van der Waals surface area contributed by atoms with Crippen molar-refractivity contribution in [3.63, 3.8) is 0 Å². The summed E-state index contributed by atoms with van der Waals surface area (Å²) in [5.41, 5.74) is 7.91. The number of benzene rings is 1. The Morgan fingerprint density at radius 3 is 2.38 bits per heavy atom. The van der Waals surface area contributed by atoms with E-state index in [1.165, 1.54) is 5.56 Å². The summed E-state index contributed by atoms with van der Waals surface area (Å²) in [5.74, 6) is 0.527. The quantitative estimate of drug-likeness (QED) is 0.773. The number of rotatable bonds is 8. The smallest absolute Gasteiger partial charge is 0.242 e. The Balaban J connectivity index is 2.80. The largest absolute Gasteiger partial charge is 0.360 e. The number of hydrogen-bond donors (Lipinski definition) is 2. The minimum Gasteiger partial charge on any atom is -0.360 e. The van der Waals surface area contributed by atoms with E-state index in [1.807, 2.05) is 6.92 Å². The molecule has 1 atom stereocenters. The van der Waals surface area contributed by atoms with Crippen molar-refractivity contribution in [2.45, 2.75) is 40.2 Å². The lowest BCUT2D eigenvalue weighted by atomic mass is 10.1. The van der Waals surface area contributed by atoms with Crippen LogP contribution in [0.3, 0.4) is 0 Å². The molecule has 4 heteroatoms. The van der Waals surface area contributed by atoms with Gasteiger partial charge < -0.3 is 16.0 Å². The Hall–Kier alpha value is -1.55. The fourth-order valence-corrected chi connectivity index (χ4v) is 2.14. The van der Waals surface area contributed by atoms with Gasteiger partial charge in [0.15, 0.2) is 0 Å². The lowest BCUT2D eigenvalue weighted by Crippen LogP contribution is -2.46. The Morgan fingerprint density at radius 1 is 1.24 bits per heavy atom. The zero-order chi connectivity index (χ0) is 15.8. The lowest BCUT2D eigenvalue weighted by Gasteiger charge is -2.30. The maximum Gasteiger partial charge on any atom is 0.242 e. The molecule has 1 rings (SSSR count). The van der Waals surface area contributed by atoms with Gasteiger partial charge in [-0.3, -0.25) is 4.79 Å². The number of nitrogens with one attached hydrogen (secondary N) is 1. The molecule has 0 radical (unpaired) electrons. The van der Waals surface area contributed by atoms with Crippen LogP contribution in [0.4, 0.5) is 5.69 Å². The Kier molecular flexibility index (Phi) is 7.23. The number of anilines is 1. The van der Waals surface area contributed by atoms with Crippen LogP contribution >= 0.6 is 0 Å². The van der Waals surface area contributed by atoms with E-state index in [1.54, 1.807) is 0 Å². The van der Waals surface area contributed by atoms with Crippen LogP contribution in [-0.2, 0) is 4.79 Å².